The summed E-state index contributed by atoms with van der Waals surface area (Å²) in [4.78, 5) is 26.0. The molecular formula is C19H17Cl2N5OS. The van der Waals surface area contributed by atoms with Gasteiger partial charge in [0.2, 0.25) is 0 Å². The van der Waals surface area contributed by atoms with E-state index in [2.05, 4.69) is 33.5 Å². The van der Waals surface area contributed by atoms with Gasteiger partial charge in [-0.1, -0.05) is 37.0 Å². The number of hydrogen-bond acceptors (Lipinski definition) is 6. The largest absolute Gasteiger partial charge is 0.344 e. The first kappa shape index (κ1) is 19.2. The maximum absolute atomic E-state index is 12.7. The molecule has 0 spiro atoms. The van der Waals surface area contributed by atoms with Gasteiger partial charge >= 0.3 is 0 Å². The Balaban J connectivity index is 1.67. The second-order valence-corrected chi connectivity index (χ2v) is 9.27. The Morgan fingerprint density at radius 1 is 1.29 bits per heavy atom. The van der Waals surface area contributed by atoms with Gasteiger partial charge in [-0.05, 0) is 41.9 Å². The molecule has 0 fully saturated rings. The van der Waals surface area contributed by atoms with Gasteiger partial charge in [-0.2, -0.15) is 4.37 Å². The molecule has 1 atom stereocenters. The van der Waals surface area contributed by atoms with Crippen molar-refractivity contribution in [2.75, 3.05) is 0 Å². The third-order valence-electron chi connectivity index (χ3n) is 4.73. The number of carbonyl (C=O) groups is 1. The molecule has 0 aliphatic heterocycles. The Morgan fingerprint density at radius 2 is 2.04 bits per heavy atom. The molecule has 3 aromatic rings. The first-order valence-corrected chi connectivity index (χ1v) is 10.2. The number of carbonyl (C=O) groups excluding carboxylic acids is 1. The quantitative estimate of drug-likeness (QED) is 0.644. The SMILES string of the molecule is CC1(C)Cc2nc(-c3ccncc3)ncc2[C@H](NC(=O)c2nsc(Cl)c2Cl)C1. The Kier molecular flexibility index (Phi) is 5.07. The molecule has 3 aromatic heterocycles. The summed E-state index contributed by atoms with van der Waals surface area (Å²) in [6.07, 6.45) is 6.80. The summed E-state index contributed by atoms with van der Waals surface area (Å²) < 4.78 is 4.36. The fourth-order valence-corrected chi connectivity index (χ4v) is 4.44. The number of nitrogens with zero attached hydrogens (tertiary/aromatic N) is 4. The minimum atomic E-state index is -0.347. The zero-order valence-corrected chi connectivity index (χ0v) is 17.6. The van der Waals surface area contributed by atoms with Crippen molar-refractivity contribution in [2.45, 2.75) is 32.7 Å². The van der Waals surface area contributed by atoms with Gasteiger partial charge in [0.15, 0.2) is 11.5 Å². The van der Waals surface area contributed by atoms with Gasteiger partial charge in [-0.25, -0.2) is 9.97 Å². The predicted octanol–water partition coefficient (Wildman–Crippen LogP) is 4.75. The number of pyridine rings is 1. The first-order chi connectivity index (χ1) is 13.3. The summed E-state index contributed by atoms with van der Waals surface area (Å²) >= 11 is 13.0. The van der Waals surface area contributed by atoms with Crippen LogP contribution in [0.1, 0.15) is 48.1 Å². The molecule has 0 unspecified atom stereocenters. The normalized spacial score (nSPS) is 17.8. The number of rotatable bonds is 3. The van der Waals surface area contributed by atoms with Crippen LogP contribution in [0, 0.1) is 5.41 Å². The molecule has 0 saturated heterocycles. The molecule has 9 heteroatoms. The molecule has 1 amide bonds. The Morgan fingerprint density at radius 3 is 2.71 bits per heavy atom. The Labute approximate surface area is 176 Å². The fraction of sp³-hybridized carbons (Fsp3) is 0.316. The molecule has 3 heterocycles. The number of fused-ring (bicyclic) bond motifs is 1. The van der Waals surface area contributed by atoms with E-state index in [1.807, 2.05) is 12.1 Å². The van der Waals surface area contributed by atoms with Gasteiger partial charge in [0.05, 0.1) is 11.7 Å². The Hall–Kier alpha value is -2.09. The summed E-state index contributed by atoms with van der Waals surface area (Å²) in [5.41, 5.74) is 2.88. The number of nitrogens with one attached hydrogen (secondary N) is 1. The van der Waals surface area contributed by atoms with E-state index < -0.39 is 0 Å². The molecule has 4 rings (SSSR count). The highest BCUT2D eigenvalue weighted by Gasteiger charge is 2.35. The van der Waals surface area contributed by atoms with Crippen molar-refractivity contribution in [1.82, 2.24) is 24.6 Å². The van der Waals surface area contributed by atoms with Gasteiger partial charge in [-0.15, -0.1) is 0 Å². The lowest BCUT2D eigenvalue weighted by Gasteiger charge is -2.36. The van der Waals surface area contributed by atoms with E-state index in [1.165, 1.54) is 0 Å². The highest BCUT2D eigenvalue weighted by atomic mass is 35.5. The number of aromatic nitrogens is 4. The predicted molar refractivity (Wildman–Crippen MR) is 110 cm³/mol. The van der Waals surface area contributed by atoms with Crippen LogP contribution in [0.2, 0.25) is 9.36 Å². The van der Waals surface area contributed by atoms with E-state index in [4.69, 9.17) is 28.2 Å². The number of halogens is 2. The molecule has 0 bridgehead atoms. The highest BCUT2D eigenvalue weighted by molar-refractivity contribution is 7.11. The molecule has 0 aromatic carbocycles. The van der Waals surface area contributed by atoms with Gasteiger partial charge < -0.3 is 5.32 Å². The van der Waals surface area contributed by atoms with Crippen molar-refractivity contribution in [3.63, 3.8) is 0 Å². The second-order valence-electron chi connectivity index (χ2n) is 7.52. The number of amides is 1. The summed E-state index contributed by atoms with van der Waals surface area (Å²) in [5, 5.41) is 3.22. The van der Waals surface area contributed by atoms with E-state index in [9.17, 15) is 4.79 Å². The Bertz CT molecular complexity index is 1040. The maximum atomic E-state index is 12.7. The van der Waals surface area contributed by atoms with Gasteiger partial charge in [0.25, 0.3) is 5.91 Å². The lowest BCUT2D eigenvalue weighted by atomic mass is 9.74. The lowest BCUT2D eigenvalue weighted by molar-refractivity contribution is 0.0915. The minimum Gasteiger partial charge on any atom is -0.344 e. The molecule has 1 aliphatic carbocycles. The summed E-state index contributed by atoms with van der Waals surface area (Å²) in [5.74, 6) is 0.304. The number of hydrogen-bond donors (Lipinski definition) is 1. The third kappa shape index (κ3) is 3.74. The van der Waals surface area contributed by atoms with Crippen molar-refractivity contribution in [2.24, 2.45) is 5.41 Å². The molecule has 144 valence electrons. The zero-order chi connectivity index (χ0) is 19.9. The van der Waals surface area contributed by atoms with Crippen molar-refractivity contribution < 1.29 is 4.79 Å². The van der Waals surface area contributed by atoms with Gasteiger partial charge in [0.1, 0.15) is 9.36 Å². The average Bonchev–Trinajstić information content (AvgIpc) is 3.00. The maximum Gasteiger partial charge on any atom is 0.273 e. The van der Waals surface area contributed by atoms with Crippen molar-refractivity contribution in [3.05, 3.63) is 57.0 Å². The standard InChI is InChI=1S/C19H17Cl2N5OS/c1-19(2)7-12-11(9-23-17(24-12)10-3-5-22-6-4-10)13(8-19)25-18(27)15-14(20)16(21)28-26-15/h3-6,9,13H,7-8H2,1-2H3,(H,25,27)/t13-/m1/s1. The molecular weight excluding hydrogens is 417 g/mol. The monoisotopic (exact) mass is 433 g/mol. The average molecular weight is 434 g/mol. The second kappa shape index (κ2) is 7.39. The summed E-state index contributed by atoms with van der Waals surface area (Å²) in [7, 11) is 0. The molecule has 1 N–H and O–H groups in total. The zero-order valence-electron chi connectivity index (χ0n) is 15.2. The fourth-order valence-electron chi connectivity index (χ4n) is 3.44. The van der Waals surface area contributed by atoms with Gasteiger partial charge in [-0.3, -0.25) is 9.78 Å². The van der Waals surface area contributed by atoms with Crippen LogP contribution in [0.4, 0.5) is 0 Å². The van der Waals surface area contributed by atoms with Crippen molar-refractivity contribution in [1.29, 1.82) is 0 Å². The topological polar surface area (TPSA) is 80.7 Å². The van der Waals surface area contributed by atoms with Crippen LogP contribution in [-0.4, -0.2) is 25.2 Å². The van der Waals surface area contributed by atoms with Gasteiger partial charge in [0, 0.05) is 29.7 Å². The van der Waals surface area contributed by atoms with Crippen LogP contribution in [-0.2, 0) is 6.42 Å². The van der Waals surface area contributed by atoms with E-state index in [0.717, 1.165) is 41.2 Å². The van der Waals surface area contributed by atoms with E-state index in [0.29, 0.717) is 10.2 Å². The molecule has 6 nitrogen and oxygen atoms in total. The van der Waals surface area contributed by atoms with E-state index >= 15 is 0 Å². The van der Waals surface area contributed by atoms with Crippen LogP contribution >= 0.6 is 34.7 Å². The third-order valence-corrected chi connectivity index (χ3v) is 6.35. The summed E-state index contributed by atoms with van der Waals surface area (Å²) in [6.45, 7) is 4.33. The highest BCUT2D eigenvalue weighted by Crippen LogP contribution is 2.40. The molecule has 1 aliphatic rings. The van der Waals surface area contributed by atoms with E-state index in [1.54, 1.807) is 18.6 Å². The van der Waals surface area contributed by atoms with E-state index in [-0.39, 0.29) is 28.1 Å². The van der Waals surface area contributed by atoms with Crippen molar-refractivity contribution >= 4 is 40.6 Å². The van der Waals surface area contributed by atoms with Crippen LogP contribution in [0.15, 0.2) is 30.7 Å². The van der Waals surface area contributed by atoms with Crippen LogP contribution in [0.5, 0.6) is 0 Å². The van der Waals surface area contributed by atoms with Crippen LogP contribution < -0.4 is 5.32 Å². The van der Waals surface area contributed by atoms with Crippen LogP contribution in [0.3, 0.4) is 0 Å². The molecule has 0 saturated carbocycles. The van der Waals surface area contributed by atoms with Crippen molar-refractivity contribution in [3.8, 4) is 11.4 Å². The molecule has 0 radical (unpaired) electrons. The minimum absolute atomic E-state index is 0.0294. The van der Waals surface area contributed by atoms with Crippen LogP contribution in [0.25, 0.3) is 11.4 Å². The first-order valence-electron chi connectivity index (χ1n) is 8.72. The smallest absolute Gasteiger partial charge is 0.273 e. The molecule has 28 heavy (non-hydrogen) atoms. The lowest BCUT2D eigenvalue weighted by Crippen LogP contribution is -2.37. The summed E-state index contributed by atoms with van der Waals surface area (Å²) in [6, 6.07) is 3.53.